The van der Waals surface area contributed by atoms with Crippen LogP contribution >= 0.6 is 0 Å². The standard InChI is InChI=1S/C18H28N2O2/c1-2-12-22-17-10-8-14(13-16(17)19)9-11-18(21)20-15-6-4-3-5-7-15/h8,10,13,15H,2-7,9,11-12,19H2,1H3,(H,20,21). The molecule has 2 rings (SSSR count). The van der Waals surface area contributed by atoms with Gasteiger partial charge in [0.25, 0.3) is 0 Å². The first-order valence-corrected chi connectivity index (χ1v) is 8.49. The van der Waals surface area contributed by atoms with Gasteiger partial charge < -0.3 is 15.8 Å². The summed E-state index contributed by atoms with van der Waals surface area (Å²) in [6.45, 7) is 2.74. The van der Waals surface area contributed by atoms with Crippen molar-refractivity contribution in [3.05, 3.63) is 23.8 Å². The molecule has 0 aromatic heterocycles. The van der Waals surface area contributed by atoms with Crippen LogP contribution in [0.25, 0.3) is 0 Å². The number of rotatable bonds is 7. The number of nitrogen functional groups attached to an aromatic ring is 1. The highest BCUT2D eigenvalue weighted by molar-refractivity contribution is 5.76. The zero-order valence-corrected chi connectivity index (χ0v) is 13.6. The number of nitrogens with one attached hydrogen (secondary N) is 1. The third-order valence-corrected chi connectivity index (χ3v) is 4.15. The molecule has 1 amide bonds. The van der Waals surface area contributed by atoms with E-state index in [1.165, 1.54) is 19.3 Å². The quantitative estimate of drug-likeness (QED) is 0.758. The lowest BCUT2D eigenvalue weighted by molar-refractivity contribution is -0.121. The molecule has 22 heavy (non-hydrogen) atoms. The maximum atomic E-state index is 12.0. The van der Waals surface area contributed by atoms with Crippen LogP contribution < -0.4 is 15.8 Å². The van der Waals surface area contributed by atoms with Crippen LogP contribution in [0.4, 0.5) is 5.69 Å². The number of amides is 1. The van der Waals surface area contributed by atoms with Gasteiger partial charge in [-0.15, -0.1) is 0 Å². The minimum Gasteiger partial charge on any atom is -0.491 e. The molecule has 0 saturated heterocycles. The van der Waals surface area contributed by atoms with Gasteiger partial charge in [0.15, 0.2) is 0 Å². The van der Waals surface area contributed by atoms with Crippen LogP contribution in [0.5, 0.6) is 5.75 Å². The van der Waals surface area contributed by atoms with Crippen molar-refractivity contribution in [3.8, 4) is 5.75 Å². The number of aryl methyl sites for hydroxylation is 1. The fraction of sp³-hybridized carbons (Fsp3) is 0.611. The second-order valence-corrected chi connectivity index (χ2v) is 6.12. The molecule has 0 unspecified atom stereocenters. The van der Waals surface area contributed by atoms with E-state index in [4.69, 9.17) is 10.5 Å². The van der Waals surface area contributed by atoms with E-state index in [0.29, 0.717) is 24.8 Å². The minimum absolute atomic E-state index is 0.150. The molecule has 0 heterocycles. The Bertz CT molecular complexity index is 482. The molecule has 1 aromatic rings. The third-order valence-electron chi connectivity index (χ3n) is 4.15. The summed E-state index contributed by atoms with van der Waals surface area (Å²) in [4.78, 5) is 12.0. The summed E-state index contributed by atoms with van der Waals surface area (Å²) in [6.07, 6.45) is 8.23. The molecule has 0 bridgehead atoms. The Morgan fingerprint density at radius 3 is 2.77 bits per heavy atom. The largest absolute Gasteiger partial charge is 0.491 e. The second kappa shape index (κ2) is 8.66. The van der Waals surface area contributed by atoms with Gasteiger partial charge in [-0.25, -0.2) is 0 Å². The lowest BCUT2D eigenvalue weighted by atomic mass is 9.95. The van der Waals surface area contributed by atoms with Crippen molar-refractivity contribution in [1.82, 2.24) is 5.32 Å². The van der Waals surface area contributed by atoms with Crippen molar-refractivity contribution in [2.75, 3.05) is 12.3 Å². The Kier molecular flexibility index (Phi) is 6.56. The van der Waals surface area contributed by atoms with Gasteiger partial charge in [0.1, 0.15) is 5.75 Å². The van der Waals surface area contributed by atoms with E-state index in [1.807, 2.05) is 18.2 Å². The van der Waals surface area contributed by atoms with Crippen molar-refractivity contribution in [2.24, 2.45) is 0 Å². The van der Waals surface area contributed by atoms with Gasteiger partial charge in [-0.3, -0.25) is 4.79 Å². The Labute approximate surface area is 133 Å². The number of ether oxygens (including phenoxy) is 1. The molecule has 0 radical (unpaired) electrons. The molecule has 1 fully saturated rings. The number of carbonyl (C=O) groups excluding carboxylic acids is 1. The topological polar surface area (TPSA) is 64.3 Å². The molecular formula is C18H28N2O2. The van der Waals surface area contributed by atoms with Crippen molar-refractivity contribution in [1.29, 1.82) is 0 Å². The Morgan fingerprint density at radius 1 is 1.32 bits per heavy atom. The van der Waals surface area contributed by atoms with Crippen LogP contribution in [0.3, 0.4) is 0 Å². The van der Waals surface area contributed by atoms with Gasteiger partial charge in [-0.05, 0) is 43.4 Å². The van der Waals surface area contributed by atoms with E-state index in [2.05, 4.69) is 12.2 Å². The van der Waals surface area contributed by atoms with Gasteiger partial charge in [0.2, 0.25) is 5.91 Å². The van der Waals surface area contributed by atoms with E-state index in [0.717, 1.165) is 37.0 Å². The first-order valence-electron chi connectivity index (χ1n) is 8.49. The Balaban J connectivity index is 1.78. The normalized spacial score (nSPS) is 15.5. The van der Waals surface area contributed by atoms with Gasteiger partial charge in [0, 0.05) is 12.5 Å². The van der Waals surface area contributed by atoms with E-state index in [1.54, 1.807) is 0 Å². The summed E-state index contributed by atoms with van der Waals surface area (Å²) in [5.41, 5.74) is 7.73. The smallest absolute Gasteiger partial charge is 0.220 e. The predicted octanol–water partition coefficient (Wildman–Crippen LogP) is 3.44. The van der Waals surface area contributed by atoms with Crippen LogP contribution in [-0.4, -0.2) is 18.6 Å². The van der Waals surface area contributed by atoms with Crippen molar-refractivity contribution in [3.63, 3.8) is 0 Å². The summed E-state index contributed by atoms with van der Waals surface area (Å²) in [7, 11) is 0. The first-order chi connectivity index (χ1) is 10.7. The van der Waals surface area contributed by atoms with E-state index in [9.17, 15) is 4.79 Å². The molecule has 0 spiro atoms. The fourth-order valence-electron chi connectivity index (χ4n) is 2.90. The third kappa shape index (κ3) is 5.24. The van der Waals surface area contributed by atoms with Crippen molar-refractivity contribution in [2.45, 2.75) is 64.3 Å². The molecule has 1 aliphatic rings. The summed E-state index contributed by atoms with van der Waals surface area (Å²) in [5.74, 6) is 0.883. The molecule has 4 nitrogen and oxygen atoms in total. The summed E-state index contributed by atoms with van der Waals surface area (Å²) in [6, 6.07) is 6.20. The second-order valence-electron chi connectivity index (χ2n) is 6.12. The van der Waals surface area contributed by atoms with E-state index in [-0.39, 0.29) is 5.91 Å². The molecule has 0 atom stereocenters. The number of nitrogens with two attached hydrogens (primary N) is 1. The molecule has 3 N–H and O–H groups in total. The molecule has 4 heteroatoms. The maximum Gasteiger partial charge on any atom is 0.220 e. The van der Waals surface area contributed by atoms with Gasteiger partial charge >= 0.3 is 0 Å². The summed E-state index contributed by atoms with van der Waals surface area (Å²) in [5, 5.41) is 3.15. The van der Waals surface area contributed by atoms with E-state index < -0.39 is 0 Å². The lowest BCUT2D eigenvalue weighted by Gasteiger charge is -2.22. The average molecular weight is 304 g/mol. The van der Waals surface area contributed by atoms with Crippen LogP contribution in [0.2, 0.25) is 0 Å². The first kappa shape index (κ1) is 16.7. The molecular weight excluding hydrogens is 276 g/mol. The van der Waals surface area contributed by atoms with Crippen LogP contribution in [0, 0.1) is 0 Å². The molecule has 0 aliphatic heterocycles. The molecule has 1 saturated carbocycles. The maximum absolute atomic E-state index is 12.0. The van der Waals surface area contributed by atoms with Crippen molar-refractivity contribution < 1.29 is 9.53 Å². The van der Waals surface area contributed by atoms with Crippen LogP contribution in [0.15, 0.2) is 18.2 Å². The SMILES string of the molecule is CCCOc1ccc(CCC(=O)NC2CCCCC2)cc1N. The predicted molar refractivity (Wildman–Crippen MR) is 90.0 cm³/mol. The summed E-state index contributed by atoms with van der Waals surface area (Å²) < 4.78 is 5.56. The number of hydrogen-bond acceptors (Lipinski definition) is 3. The van der Waals surface area contributed by atoms with E-state index >= 15 is 0 Å². The monoisotopic (exact) mass is 304 g/mol. The highest BCUT2D eigenvalue weighted by Gasteiger charge is 2.15. The molecule has 122 valence electrons. The molecule has 1 aromatic carbocycles. The zero-order valence-electron chi connectivity index (χ0n) is 13.6. The highest BCUT2D eigenvalue weighted by Crippen LogP contribution is 2.23. The Morgan fingerprint density at radius 2 is 2.09 bits per heavy atom. The number of anilines is 1. The van der Waals surface area contributed by atoms with Gasteiger partial charge in [-0.1, -0.05) is 32.3 Å². The molecule has 1 aliphatic carbocycles. The fourth-order valence-corrected chi connectivity index (χ4v) is 2.90. The minimum atomic E-state index is 0.150. The van der Waals surface area contributed by atoms with Crippen LogP contribution in [0.1, 0.15) is 57.4 Å². The zero-order chi connectivity index (χ0) is 15.8. The lowest BCUT2D eigenvalue weighted by Crippen LogP contribution is -2.36. The summed E-state index contributed by atoms with van der Waals surface area (Å²) >= 11 is 0. The van der Waals surface area contributed by atoms with Gasteiger partial charge in [0.05, 0.1) is 12.3 Å². The average Bonchev–Trinajstić information content (AvgIpc) is 2.53. The number of carbonyl (C=O) groups is 1. The van der Waals surface area contributed by atoms with Crippen molar-refractivity contribution >= 4 is 11.6 Å². The number of benzene rings is 1. The van der Waals surface area contributed by atoms with Gasteiger partial charge in [-0.2, -0.15) is 0 Å². The Hall–Kier alpha value is -1.71. The number of hydrogen-bond donors (Lipinski definition) is 2. The highest BCUT2D eigenvalue weighted by atomic mass is 16.5. The van der Waals surface area contributed by atoms with Crippen LogP contribution in [-0.2, 0) is 11.2 Å².